The molecule has 2 rings (SSSR count). The molecule has 0 unspecified atom stereocenters. The lowest BCUT2D eigenvalue weighted by molar-refractivity contribution is -0.122. The monoisotopic (exact) mass is 319 g/mol. The molecule has 0 aliphatic carbocycles. The maximum Gasteiger partial charge on any atom is 0.355 e. The average molecular weight is 319 g/mol. The molecule has 1 fully saturated rings. The lowest BCUT2D eigenvalue weighted by Gasteiger charge is -2.19. The van der Waals surface area contributed by atoms with Crippen LogP contribution < -0.4 is 5.32 Å². The molecule has 1 aliphatic rings. The van der Waals surface area contributed by atoms with E-state index in [1.165, 1.54) is 0 Å². The summed E-state index contributed by atoms with van der Waals surface area (Å²) in [6.45, 7) is 12.9. The first kappa shape index (κ1) is 15.8. The van der Waals surface area contributed by atoms with Crippen LogP contribution in [0.1, 0.15) is 63.3 Å². The fourth-order valence-corrected chi connectivity index (χ4v) is 2.46. The fourth-order valence-electron chi connectivity index (χ4n) is 2.46. The van der Waals surface area contributed by atoms with Crippen LogP contribution in [-0.2, 0) is 9.53 Å². The quantitative estimate of drug-likeness (QED) is 0.821. The number of hydrogen-bond donors (Lipinski definition) is 2. The van der Waals surface area contributed by atoms with E-state index in [0.717, 1.165) is 11.1 Å². The molecule has 1 aromatic heterocycles. The summed E-state index contributed by atoms with van der Waals surface area (Å²) in [4.78, 5) is 27.2. The van der Waals surface area contributed by atoms with Gasteiger partial charge in [0.15, 0.2) is 0 Å². The Balaban J connectivity index is 2.45. The maximum atomic E-state index is 12.4. The van der Waals surface area contributed by atoms with Crippen molar-refractivity contribution in [3.63, 3.8) is 0 Å². The molecule has 5 nitrogen and oxygen atoms in total. The number of carbonyl (C=O) groups is 2. The number of hydrogen-bond acceptors (Lipinski definition) is 3. The van der Waals surface area contributed by atoms with Crippen LogP contribution in [-0.4, -0.2) is 22.5 Å². The van der Waals surface area contributed by atoms with Crippen molar-refractivity contribution in [1.29, 1.82) is 0 Å². The van der Waals surface area contributed by atoms with Gasteiger partial charge in [-0.15, -0.1) is 0 Å². The summed E-state index contributed by atoms with van der Waals surface area (Å²) in [6.07, 6.45) is 0. The molecule has 0 aromatic carbocycles. The number of esters is 1. The van der Waals surface area contributed by atoms with Crippen molar-refractivity contribution in [2.45, 2.75) is 54.1 Å². The van der Waals surface area contributed by atoms with Crippen molar-refractivity contribution in [3.8, 4) is 0 Å². The van der Waals surface area contributed by atoms with E-state index in [1.54, 1.807) is 0 Å². The van der Waals surface area contributed by atoms with Gasteiger partial charge in [-0.1, -0.05) is 13.8 Å². The normalized spacial score (nSPS) is 24.3. The largest absolute Gasteiger partial charge is 0.455 e. The van der Waals surface area contributed by atoms with Gasteiger partial charge in [-0.05, 0) is 51.8 Å². The smallest absolute Gasteiger partial charge is 0.355 e. The highest BCUT2D eigenvalue weighted by Gasteiger charge is 2.32. The van der Waals surface area contributed by atoms with Crippen molar-refractivity contribution in [1.82, 2.24) is 10.3 Å². The minimum atomic E-state index is -0.589. The number of aromatic nitrogens is 1. The summed E-state index contributed by atoms with van der Waals surface area (Å²) in [7, 11) is 0. The summed E-state index contributed by atoms with van der Waals surface area (Å²) < 4.78 is 13.9. The summed E-state index contributed by atoms with van der Waals surface area (Å²) in [5.74, 6) is -0.736. The van der Waals surface area contributed by atoms with Crippen LogP contribution in [0.5, 0.6) is 0 Å². The third kappa shape index (κ3) is 3.49. The molecule has 5 heteroatoms. The van der Waals surface area contributed by atoms with Gasteiger partial charge in [0.25, 0.3) is 0 Å². The molecule has 126 valence electrons. The molecular formula is C18H26N2O3. The third-order valence-corrected chi connectivity index (χ3v) is 4.30. The average Bonchev–Trinajstić information content (AvgIpc) is 2.89. The third-order valence-electron chi connectivity index (χ3n) is 4.30. The van der Waals surface area contributed by atoms with Gasteiger partial charge in [-0.3, -0.25) is 4.79 Å². The number of amides is 1. The first-order chi connectivity index (χ1) is 10.9. The maximum absolute atomic E-state index is 12.4. The zero-order valence-electron chi connectivity index (χ0n) is 15.9. The molecule has 2 N–H and O–H groups in total. The first-order valence-electron chi connectivity index (χ1n) is 8.38. The van der Waals surface area contributed by atoms with E-state index in [-0.39, 0.29) is 23.8 Å². The summed E-state index contributed by atoms with van der Waals surface area (Å²) in [5.41, 5.74) is 2.47. The predicted molar refractivity (Wildman–Crippen MR) is 89.9 cm³/mol. The number of allylic oxidation sites excluding steroid dienone is 1. The summed E-state index contributed by atoms with van der Waals surface area (Å²) in [5, 5.41) is 2.79. The molecule has 23 heavy (non-hydrogen) atoms. The highest BCUT2D eigenvalue weighted by Crippen LogP contribution is 2.29. The van der Waals surface area contributed by atoms with Crippen LogP contribution in [0.15, 0.2) is 5.70 Å². The van der Waals surface area contributed by atoms with Crippen LogP contribution >= 0.6 is 0 Å². The van der Waals surface area contributed by atoms with Gasteiger partial charge < -0.3 is 15.0 Å². The Hall–Kier alpha value is -2.04. The van der Waals surface area contributed by atoms with Crippen LogP contribution in [0.3, 0.4) is 0 Å². The standard InChI is InChI=1S/C18H26N2O3/c1-9-11(3)15(17(22)23-18(5,6)7)19-13(9)8-14-10(2)12(4)16(21)20-14/h8,10,12,19H,1-7H3,(H,20,21)/b14-8-/t10-,12-/m1/s1/i8D. The number of rotatable bonds is 2. The van der Waals surface area contributed by atoms with E-state index in [4.69, 9.17) is 6.11 Å². The summed E-state index contributed by atoms with van der Waals surface area (Å²) >= 11 is 0. The van der Waals surface area contributed by atoms with E-state index < -0.39 is 11.6 Å². The molecule has 0 bridgehead atoms. The minimum absolute atomic E-state index is 0.0574. The second-order valence-electron chi connectivity index (χ2n) is 7.23. The van der Waals surface area contributed by atoms with Gasteiger partial charge in [0.1, 0.15) is 11.3 Å². The van der Waals surface area contributed by atoms with Crippen molar-refractivity contribution >= 4 is 17.9 Å². The lowest BCUT2D eigenvalue weighted by Crippen LogP contribution is -2.24. The highest BCUT2D eigenvalue weighted by molar-refractivity contribution is 5.91. The van der Waals surface area contributed by atoms with E-state index >= 15 is 0 Å². The summed E-state index contributed by atoms with van der Waals surface area (Å²) in [6, 6.07) is 0.218. The zero-order chi connectivity index (χ0) is 18.4. The minimum Gasteiger partial charge on any atom is -0.455 e. The number of carbonyl (C=O) groups excluding carboxylic acids is 2. The molecule has 2 heterocycles. The molecule has 1 aromatic rings. The van der Waals surface area contributed by atoms with E-state index in [9.17, 15) is 9.59 Å². The van der Waals surface area contributed by atoms with Gasteiger partial charge in [0, 0.05) is 23.2 Å². The number of ether oxygens (including phenoxy) is 1. The Morgan fingerprint density at radius 3 is 2.30 bits per heavy atom. The van der Waals surface area contributed by atoms with Crippen LogP contribution in [0.25, 0.3) is 6.05 Å². The van der Waals surface area contributed by atoms with Gasteiger partial charge in [0.2, 0.25) is 5.91 Å². The van der Waals surface area contributed by atoms with Gasteiger partial charge in [-0.2, -0.15) is 0 Å². The Bertz CT molecular complexity index is 725. The first-order valence-corrected chi connectivity index (χ1v) is 7.88. The van der Waals surface area contributed by atoms with Crippen LogP contribution in [0, 0.1) is 25.7 Å². The molecule has 0 saturated carbocycles. The molecular weight excluding hydrogens is 292 g/mol. The lowest BCUT2D eigenvalue weighted by atomic mass is 9.96. The van der Waals surface area contributed by atoms with Gasteiger partial charge >= 0.3 is 5.97 Å². The number of aromatic amines is 1. The van der Waals surface area contributed by atoms with Crippen molar-refractivity contribution in [2.24, 2.45) is 11.8 Å². The van der Waals surface area contributed by atoms with Gasteiger partial charge in [0.05, 0.1) is 1.37 Å². The highest BCUT2D eigenvalue weighted by atomic mass is 16.6. The van der Waals surface area contributed by atoms with E-state index in [0.29, 0.717) is 17.1 Å². The Kier molecular flexibility index (Phi) is 4.04. The van der Waals surface area contributed by atoms with Gasteiger partial charge in [-0.25, -0.2) is 4.79 Å². The second-order valence-corrected chi connectivity index (χ2v) is 7.23. The van der Waals surface area contributed by atoms with Crippen molar-refractivity contribution in [3.05, 3.63) is 28.2 Å². The van der Waals surface area contributed by atoms with Crippen LogP contribution in [0.4, 0.5) is 0 Å². The predicted octanol–water partition coefficient (Wildman–Crippen LogP) is 3.33. The SMILES string of the molecule is [2H]/C(=C1/NC(=O)[C@H](C)[C@H]1C)c1[nH]c(C(=O)OC(C)(C)C)c(C)c1C. The molecule has 1 saturated heterocycles. The van der Waals surface area contributed by atoms with E-state index in [2.05, 4.69) is 10.3 Å². The van der Waals surface area contributed by atoms with Crippen LogP contribution in [0.2, 0.25) is 0 Å². The number of nitrogens with one attached hydrogen (secondary N) is 2. The van der Waals surface area contributed by atoms with Crippen molar-refractivity contribution in [2.75, 3.05) is 0 Å². The Labute approximate surface area is 138 Å². The Morgan fingerprint density at radius 1 is 1.22 bits per heavy atom. The molecule has 1 aliphatic heterocycles. The topological polar surface area (TPSA) is 71.2 Å². The molecule has 2 atom stereocenters. The molecule has 0 radical (unpaired) electrons. The fraction of sp³-hybridized carbons (Fsp3) is 0.556. The molecule has 0 spiro atoms. The van der Waals surface area contributed by atoms with E-state index in [1.807, 2.05) is 48.5 Å². The number of H-pyrrole nitrogens is 1. The Morgan fingerprint density at radius 2 is 1.83 bits per heavy atom. The van der Waals surface area contributed by atoms with Crippen molar-refractivity contribution < 1.29 is 15.7 Å². The zero-order valence-corrected chi connectivity index (χ0v) is 14.9. The molecule has 1 amide bonds. The second kappa shape index (κ2) is 5.87.